The molecule has 0 radical (unpaired) electrons. The molecular formula is C25H27ClN4O3. The highest BCUT2D eigenvalue weighted by Crippen LogP contribution is 2.21. The van der Waals surface area contributed by atoms with Gasteiger partial charge in [0, 0.05) is 27.7 Å². The van der Waals surface area contributed by atoms with Crippen molar-refractivity contribution in [1.82, 2.24) is 15.3 Å². The van der Waals surface area contributed by atoms with Gasteiger partial charge in [-0.05, 0) is 56.7 Å². The molecule has 1 aromatic heterocycles. The lowest BCUT2D eigenvalue weighted by Gasteiger charge is -2.18. The minimum absolute atomic E-state index is 0.0178. The predicted octanol–water partition coefficient (Wildman–Crippen LogP) is 5.08. The van der Waals surface area contributed by atoms with Crippen molar-refractivity contribution in [2.75, 3.05) is 6.61 Å². The average Bonchev–Trinajstić information content (AvgIpc) is 3.08. The molecule has 172 valence electrons. The molecule has 0 bridgehead atoms. The van der Waals surface area contributed by atoms with E-state index >= 15 is 0 Å². The van der Waals surface area contributed by atoms with Crippen LogP contribution in [0.15, 0.2) is 65.8 Å². The van der Waals surface area contributed by atoms with Crippen LogP contribution in [0.2, 0.25) is 5.02 Å². The van der Waals surface area contributed by atoms with E-state index in [0.29, 0.717) is 5.02 Å². The smallest absolute Gasteiger partial charge is 0.407 e. The molecule has 2 N–H and O–H groups in total. The molecule has 0 spiro atoms. The number of rotatable bonds is 8. The van der Waals surface area contributed by atoms with E-state index in [1.54, 1.807) is 13.1 Å². The van der Waals surface area contributed by atoms with E-state index in [4.69, 9.17) is 16.3 Å². The number of nitrogens with one attached hydrogen (secondary N) is 2. The van der Waals surface area contributed by atoms with Gasteiger partial charge in [0.1, 0.15) is 0 Å². The SMILES string of the molecule is CCOC(=O)N[C@H](CC(=O)N/N=C\c1cc(C)n(-c2ccc(Cl)cc2)c1C)c1ccccc1. The summed E-state index contributed by atoms with van der Waals surface area (Å²) in [7, 11) is 0. The number of hydrogen-bond acceptors (Lipinski definition) is 4. The Kier molecular flexibility index (Phi) is 8.27. The fourth-order valence-electron chi connectivity index (χ4n) is 3.56. The Morgan fingerprint density at radius 1 is 1.12 bits per heavy atom. The number of carbonyl (C=O) groups is 2. The fraction of sp³-hybridized carbons (Fsp3) is 0.240. The molecule has 0 unspecified atom stereocenters. The second kappa shape index (κ2) is 11.3. The molecule has 2 amide bonds. The van der Waals surface area contributed by atoms with Crippen molar-refractivity contribution in [3.63, 3.8) is 0 Å². The number of hydrazone groups is 1. The molecule has 0 saturated heterocycles. The first-order chi connectivity index (χ1) is 15.9. The number of hydrogen-bond donors (Lipinski definition) is 2. The van der Waals surface area contributed by atoms with Crippen LogP contribution in [0.5, 0.6) is 0 Å². The number of aromatic nitrogens is 1. The van der Waals surface area contributed by atoms with Crippen molar-refractivity contribution >= 4 is 29.8 Å². The molecule has 33 heavy (non-hydrogen) atoms. The third kappa shape index (κ3) is 6.46. The highest BCUT2D eigenvalue weighted by atomic mass is 35.5. The van der Waals surface area contributed by atoms with Crippen molar-refractivity contribution in [3.8, 4) is 5.69 Å². The summed E-state index contributed by atoms with van der Waals surface area (Å²) < 4.78 is 7.05. The third-order valence-electron chi connectivity index (χ3n) is 5.11. The molecule has 3 aromatic rings. The Morgan fingerprint density at radius 2 is 1.82 bits per heavy atom. The second-order valence-electron chi connectivity index (χ2n) is 7.46. The van der Waals surface area contributed by atoms with Gasteiger partial charge < -0.3 is 14.6 Å². The number of alkyl carbamates (subject to hydrolysis) is 1. The molecule has 0 aliphatic rings. The van der Waals surface area contributed by atoms with Crippen LogP contribution >= 0.6 is 11.6 Å². The average molecular weight is 467 g/mol. The van der Waals surface area contributed by atoms with Crippen LogP contribution in [-0.2, 0) is 9.53 Å². The monoisotopic (exact) mass is 466 g/mol. The zero-order chi connectivity index (χ0) is 23.8. The van der Waals surface area contributed by atoms with E-state index in [2.05, 4.69) is 20.4 Å². The summed E-state index contributed by atoms with van der Waals surface area (Å²) in [6.45, 7) is 5.96. The van der Waals surface area contributed by atoms with Crippen molar-refractivity contribution in [2.45, 2.75) is 33.2 Å². The van der Waals surface area contributed by atoms with Crippen LogP contribution in [0.25, 0.3) is 5.69 Å². The Morgan fingerprint density at radius 3 is 2.48 bits per heavy atom. The molecule has 1 heterocycles. The number of carbonyl (C=O) groups excluding carboxylic acids is 2. The van der Waals surface area contributed by atoms with Crippen LogP contribution in [-0.4, -0.2) is 29.4 Å². The Hall–Kier alpha value is -3.58. The minimum Gasteiger partial charge on any atom is -0.450 e. The standard InChI is InChI=1S/C25H27ClN4O3/c1-4-33-25(32)28-23(19-8-6-5-7-9-19)15-24(31)29-27-16-20-14-17(2)30(18(20)3)22-12-10-21(26)11-13-22/h5-14,16,23H,4,15H2,1-3H3,(H,28,32)(H,29,31)/b27-16-/t23-/m1/s1. The lowest BCUT2D eigenvalue weighted by Crippen LogP contribution is -2.33. The molecule has 8 heteroatoms. The van der Waals surface area contributed by atoms with Gasteiger partial charge in [0.25, 0.3) is 0 Å². The van der Waals surface area contributed by atoms with E-state index in [9.17, 15) is 9.59 Å². The Balaban J connectivity index is 1.68. The van der Waals surface area contributed by atoms with Crippen LogP contribution in [0.3, 0.4) is 0 Å². The summed E-state index contributed by atoms with van der Waals surface area (Å²) in [6.07, 6.45) is 1.06. The summed E-state index contributed by atoms with van der Waals surface area (Å²) in [5.41, 5.74) is 7.25. The molecule has 1 atom stereocenters. The highest BCUT2D eigenvalue weighted by Gasteiger charge is 2.19. The maximum atomic E-state index is 12.5. The van der Waals surface area contributed by atoms with Crippen molar-refractivity contribution in [2.24, 2.45) is 5.10 Å². The van der Waals surface area contributed by atoms with Crippen LogP contribution in [0.1, 0.15) is 41.9 Å². The van der Waals surface area contributed by atoms with E-state index < -0.39 is 12.1 Å². The minimum atomic E-state index is -0.572. The largest absolute Gasteiger partial charge is 0.450 e. The van der Waals surface area contributed by atoms with E-state index in [-0.39, 0.29) is 18.9 Å². The van der Waals surface area contributed by atoms with Gasteiger partial charge in [-0.25, -0.2) is 10.2 Å². The van der Waals surface area contributed by atoms with Crippen molar-refractivity contribution in [1.29, 1.82) is 0 Å². The van der Waals surface area contributed by atoms with Gasteiger partial charge in [-0.1, -0.05) is 41.9 Å². The first-order valence-electron chi connectivity index (χ1n) is 10.6. The third-order valence-corrected chi connectivity index (χ3v) is 5.36. The summed E-state index contributed by atoms with van der Waals surface area (Å²) in [5, 5.41) is 7.53. The van der Waals surface area contributed by atoms with Crippen molar-refractivity contribution in [3.05, 3.63) is 88.2 Å². The van der Waals surface area contributed by atoms with Gasteiger partial charge in [-0.2, -0.15) is 5.10 Å². The molecule has 7 nitrogen and oxygen atoms in total. The lowest BCUT2D eigenvalue weighted by atomic mass is 10.0. The zero-order valence-corrected chi connectivity index (χ0v) is 19.6. The second-order valence-corrected chi connectivity index (χ2v) is 7.90. The quantitative estimate of drug-likeness (QED) is 0.359. The fourth-order valence-corrected chi connectivity index (χ4v) is 3.69. The summed E-state index contributed by atoms with van der Waals surface area (Å²) in [5.74, 6) is -0.330. The molecule has 0 saturated carbocycles. The molecule has 2 aromatic carbocycles. The number of aryl methyl sites for hydroxylation is 1. The number of nitrogens with zero attached hydrogens (tertiary/aromatic N) is 2. The van der Waals surface area contributed by atoms with Crippen molar-refractivity contribution < 1.29 is 14.3 Å². The molecule has 0 aliphatic carbocycles. The zero-order valence-electron chi connectivity index (χ0n) is 18.8. The predicted molar refractivity (Wildman–Crippen MR) is 130 cm³/mol. The van der Waals surface area contributed by atoms with E-state index in [1.165, 1.54) is 0 Å². The maximum Gasteiger partial charge on any atom is 0.407 e. The number of benzene rings is 2. The summed E-state index contributed by atoms with van der Waals surface area (Å²) >= 11 is 6.00. The van der Waals surface area contributed by atoms with Crippen LogP contribution < -0.4 is 10.7 Å². The van der Waals surface area contributed by atoms with Crippen LogP contribution in [0, 0.1) is 13.8 Å². The van der Waals surface area contributed by atoms with Gasteiger partial charge in [0.15, 0.2) is 0 Å². The first kappa shape index (κ1) is 24.1. The van der Waals surface area contributed by atoms with Gasteiger partial charge in [0.05, 0.1) is 25.3 Å². The number of halogens is 1. The van der Waals surface area contributed by atoms with Gasteiger partial charge >= 0.3 is 6.09 Å². The number of amides is 2. The van der Waals surface area contributed by atoms with Gasteiger partial charge in [0.2, 0.25) is 5.91 Å². The molecular weight excluding hydrogens is 440 g/mol. The van der Waals surface area contributed by atoms with E-state index in [0.717, 1.165) is 28.2 Å². The van der Waals surface area contributed by atoms with Crippen LogP contribution in [0.4, 0.5) is 4.79 Å². The molecule has 0 aliphatic heterocycles. The first-order valence-corrected chi connectivity index (χ1v) is 11.0. The topological polar surface area (TPSA) is 84.7 Å². The Labute approximate surface area is 198 Å². The summed E-state index contributed by atoms with van der Waals surface area (Å²) in [6, 6.07) is 18.3. The maximum absolute atomic E-state index is 12.5. The molecule has 0 fully saturated rings. The lowest BCUT2D eigenvalue weighted by molar-refractivity contribution is -0.121. The van der Waals surface area contributed by atoms with Gasteiger partial charge in [-0.15, -0.1) is 0 Å². The number of ether oxygens (including phenoxy) is 1. The van der Waals surface area contributed by atoms with Gasteiger partial charge in [-0.3, -0.25) is 4.79 Å². The normalized spacial score (nSPS) is 11.9. The Bertz CT molecular complexity index is 1120. The summed E-state index contributed by atoms with van der Waals surface area (Å²) in [4.78, 5) is 24.4. The highest BCUT2D eigenvalue weighted by molar-refractivity contribution is 6.30. The van der Waals surface area contributed by atoms with E-state index in [1.807, 2.05) is 74.5 Å². The molecule has 3 rings (SSSR count).